The van der Waals surface area contributed by atoms with Gasteiger partial charge in [0.2, 0.25) is 5.91 Å². The van der Waals surface area contributed by atoms with Crippen LogP contribution >= 0.6 is 38.5 Å². The van der Waals surface area contributed by atoms with Crippen LogP contribution in [0.1, 0.15) is 16.8 Å². The summed E-state index contributed by atoms with van der Waals surface area (Å²) in [5, 5.41) is 0. The Morgan fingerprint density at radius 2 is 2.11 bits per heavy atom. The fourth-order valence-electron chi connectivity index (χ4n) is 1.99. The molecule has 0 spiro atoms. The average molecular weight is 437 g/mol. The van der Waals surface area contributed by atoms with Crippen LogP contribution in [-0.4, -0.2) is 48.3 Å². The standard InChI is InChI=1S/C13H14BrIN2O2/c1-16-5-2-6-17(8-12(16)18)13(19)10-7-9(14)3-4-11(10)15/h3-4,7H,2,5-6,8H2,1H3. The van der Waals surface area contributed by atoms with Crippen molar-refractivity contribution in [2.45, 2.75) is 6.42 Å². The summed E-state index contributed by atoms with van der Waals surface area (Å²) < 4.78 is 1.77. The number of amides is 2. The van der Waals surface area contributed by atoms with Gasteiger partial charge in [-0.3, -0.25) is 9.59 Å². The van der Waals surface area contributed by atoms with Crippen molar-refractivity contribution < 1.29 is 9.59 Å². The Morgan fingerprint density at radius 1 is 1.37 bits per heavy atom. The summed E-state index contributed by atoms with van der Waals surface area (Å²) in [6.07, 6.45) is 0.818. The molecule has 1 fully saturated rings. The lowest BCUT2D eigenvalue weighted by atomic mass is 10.2. The van der Waals surface area contributed by atoms with Crippen LogP contribution in [0.4, 0.5) is 0 Å². The molecule has 6 heteroatoms. The quantitative estimate of drug-likeness (QED) is 0.634. The molecule has 0 radical (unpaired) electrons. The summed E-state index contributed by atoms with van der Waals surface area (Å²) in [5.74, 6) is -0.0785. The molecule has 0 unspecified atom stereocenters. The molecule has 4 nitrogen and oxygen atoms in total. The van der Waals surface area contributed by atoms with E-state index in [-0.39, 0.29) is 18.4 Å². The third-order valence-corrected chi connectivity index (χ3v) is 4.55. The summed E-state index contributed by atoms with van der Waals surface area (Å²) in [4.78, 5) is 27.7. The number of hydrogen-bond donors (Lipinski definition) is 0. The van der Waals surface area contributed by atoms with Crippen LogP contribution < -0.4 is 0 Å². The van der Waals surface area contributed by atoms with Gasteiger partial charge in [-0.25, -0.2) is 0 Å². The maximum absolute atomic E-state index is 12.5. The van der Waals surface area contributed by atoms with Crippen molar-refractivity contribution in [2.75, 3.05) is 26.7 Å². The van der Waals surface area contributed by atoms with E-state index in [9.17, 15) is 9.59 Å². The van der Waals surface area contributed by atoms with E-state index >= 15 is 0 Å². The summed E-state index contributed by atoms with van der Waals surface area (Å²) >= 11 is 5.52. The highest BCUT2D eigenvalue weighted by Crippen LogP contribution is 2.20. The lowest BCUT2D eigenvalue weighted by Crippen LogP contribution is -2.38. The largest absolute Gasteiger partial charge is 0.344 e. The monoisotopic (exact) mass is 436 g/mol. The second kappa shape index (κ2) is 6.21. The Morgan fingerprint density at radius 3 is 2.84 bits per heavy atom. The van der Waals surface area contributed by atoms with Crippen LogP contribution in [0.5, 0.6) is 0 Å². The number of likely N-dealkylation sites (N-methyl/N-ethyl adjacent to an activating group) is 1. The molecule has 102 valence electrons. The van der Waals surface area contributed by atoms with E-state index in [1.165, 1.54) is 0 Å². The lowest BCUT2D eigenvalue weighted by Gasteiger charge is -2.20. The molecular weight excluding hydrogens is 423 g/mol. The van der Waals surface area contributed by atoms with E-state index in [0.29, 0.717) is 18.7 Å². The molecule has 1 aliphatic heterocycles. The predicted molar refractivity (Wildman–Crippen MR) is 85.0 cm³/mol. The molecule has 2 amide bonds. The minimum Gasteiger partial charge on any atom is -0.344 e. The molecule has 1 heterocycles. The van der Waals surface area contributed by atoms with Gasteiger partial charge in [-0.1, -0.05) is 15.9 Å². The average Bonchev–Trinajstić information content (AvgIpc) is 2.54. The van der Waals surface area contributed by atoms with Gasteiger partial charge in [-0.05, 0) is 47.2 Å². The molecule has 0 aromatic heterocycles. The highest BCUT2D eigenvalue weighted by atomic mass is 127. The Bertz CT molecular complexity index is 521. The van der Waals surface area contributed by atoms with Crippen LogP contribution in [0.3, 0.4) is 0 Å². The molecule has 0 saturated carbocycles. The van der Waals surface area contributed by atoms with Gasteiger partial charge in [0.1, 0.15) is 6.54 Å². The normalized spacial score (nSPS) is 16.5. The van der Waals surface area contributed by atoms with Gasteiger partial charge in [-0.15, -0.1) is 0 Å². The Hall–Kier alpha value is -0.630. The molecule has 1 aromatic rings. The topological polar surface area (TPSA) is 40.6 Å². The summed E-state index contributed by atoms with van der Waals surface area (Å²) in [6.45, 7) is 1.49. The number of hydrogen-bond acceptors (Lipinski definition) is 2. The Kier molecular flexibility index (Phi) is 4.83. The van der Waals surface area contributed by atoms with Gasteiger partial charge in [0.25, 0.3) is 5.91 Å². The fraction of sp³-hybridized carbons (Fsp3) is 0.385. The van der Waals surface area contributed by atoms with Crippen molar-refractivity contribution in [3.63, 3.8) is 0 Å². The van der Waals surface area contributed by atoms with E-state index < -0.39 is 0 Å². The van der Waals surface area contributed by atoms with Crippen molar-refractivity contribution in [1.82, 2.24) is 9.80 Å². The number of nitrogens with zero attached hydrogens (tertiary/aromatic N) is 2. The molecule has 1 saturated heterocycles. The smallest absolute Gasteiger partial charge is 0.255 e. The fourth-order valence-corrected chi connectivity index (χ4v) is 2.92. The van der Waals surface area contributed by atoms with Crippen LogP contribution in [0.2, 0.25) is 0 Å². The molecular formula is C13H14BrIN2O2. The second-order valence-corrected chi connectivity index (χ2v) is 6.60. The SMILES string of the molecule is CN1CCCN(C(=O)c2cc(Br)ccc2I)CC1=O. The van der Waals surface area contributed by atoms with Gasteiger partial charge in [0.05, 0.1) is 5.56 Å². The lowest BCUT2D eigenvalue weighted by molar-refractivity contribution is -0.129. The minimum absolute atomic E-state index is 0.00384. The molecule has 19 heavy (non-hydrogen) atoms. The van der Waals surface area contributed by atoms with Crippen LogP contribution in [0.15, 0.2) is 22.7 Å². The first-order chi connectivity index (χ1) is 8.99. The van der Waals surface area contributed by atoms with E-state index in [1.54, 1.807) is 16.8 Å². The van der Waals surface area contributed by atoms with Crippen molar-refractivity contribution >= 4 is 50.3 Å². The van der Waals surface area contributed by atoms with Crippen LogP contribution in [0, 0.1) is 3.57 Å². The zero-order chi connectivity index (χ0) is 14.0. The van der Waals surface area contributed by atoms with E-state index in [0.717, 1.165) is 14.5 Å². The van der Waals surface area contributed by atoms with E-state index in [1.807, 2.05) is 18.2 Å². The third-order valence-electron chi connectivity index (χ3n) is 3.12. The van der Waals surface area contributed by atoms with Gasteiger partial charge in [-0.2, -0.15) is 0 Å². The Balaban J connectivity index is 2.23. The molecule has 0 atom stereocenters. The number of benzene rings is 1. The molecule has 0 bridgehead atoms. The van der Waals surface area contributed by atoms with E-state index in [4.69, 9.17) is 0 Å². The van der Waals surface area contributed by atoms with Crippen molar-refractivity contribution in [3.8, 4) is 0 Å². The molecule has 1 aliphatic rings. The van der Waals surface area contributed by atoms with Crippen LogP contribution in [-0.2, 0) is 4.79 Å². The molecule has 0 aliphatic carbocycles. The van der Waals surface area contributed by atoms with Gasteiger partial charge >= 0.3 is 0 Å². The number of rotatable bonds is 1. The number of halogens is 2. The summed E-state index contributed by atoms with van der Waals surface area (Å²) in [6, 6.07) is 5.60. The van der Waals surface area contributed by atoms with Crippen LogP contribution in [0.25, 0.3) is 0 Å². The molecule has 1 aromatic carbocycles. The molecule has 0 N–H and O–H groups in total. The van der Waals surface area contributed by atoms with Gasteiger partial charge in [0, 0.05) is 28.2 Å². The summed E-state index contributed by atoms with van der Waals surface area (Å²) in [5.41, 5.74) is 0.646. The zero-order valence-corrected chi connectivity index (χ0v) is 14.3. The maximum atomic E-state index is 12.5. The minimum atomic E-state index is -0.0747. The van der Waals surface area contributed by atoms with E-state index in [2.05, 4.69) is 38.5 Å². The highest BCUT2D eigenvalue weighted by Gasteiger charge is 2.24. The highest BCUT2D eigenvalue weighted by molar-refractivity contribution is 14.1. The maximum Gasteiger partial charge on any atom is 0.255 e. The first-order valence-corrected chi connectivity index (χ1v) is 7.84. The van der Waals surface area contributed by atoms with Gasteiger partial charge < -0.3 is 9.80 Å². The second-order valence-electron chi connectivity index (χ2n) is 4.52. The Labute approximate surface area is 134 Å². The molecule has 2 rings (SSSR count). The van der Waals surface area contributed by atoms with Crippen molar-refractivity contribution in [1.29, 1.82) is 0 Å². The third kappa shape index (κ3) is 3.47. The van der Waals surface area contributed by atoms with Crippen molar-refractivity contribution in [3.05, 3.63) is 31.8 Å². The van der Waals surface area contributed by atoms with Crippen molar-refractivity contribution in [2.24, 2.45) is 0 Å². The number of carbonyl (C=O) groups is 2. The first-order valence-electron chi connectivity index (χ1n) is 5.97. The van der Waals surface area contributed by atoms with Gasteiger partial charge in [0.15, 0.2) is 0 Å². The predicted octanol–water partition coefficient (Wildman–Crippen LogP) is 2.36. The zero-order valence-electron chi connectivity index (χ0n) is 10.5. The number of carbonyl (C=O) groups excluding carboxylic acids is 2. The summed E-state index contributed by atoms with van der Waals surface area (Å²) in [7, 11) is 1.78. The first kappa shape index (κ1) is 14.8.